The van der Waals surface area contributed by atoms with Gasteiger partial charge in [-0.2, -0.15) is 0 Å². The van der Waals surface area contributed by atoms with Gasteiger partial charge in [0.05, 0.1) is 19.0 Å². The lowest BCUT2D eigenvalue weighted by Crippen LogP contribution is -2.41. The number of carbonyl (C=O) groups is 2. The lowest BCUT2D eigenvalue weighted by Gasteiger charge is -2.26. The number of morpholine rings is 1. The van der Waals surface area contributed by atoms with E-state index >= 15 is 0 Å². The molecule has 11 heteroatoms. The number of carbonyl (C=O) groups excluding carboxylic acids is 2. The van der Waals surface area contributed by atoms with Crippen molar-refractivity contribution in [1.29, 1.82) is 0 Å². The minimum Gasteiger partial charge on any atom is -0.454 e. The number of amides is 2. The molecule has 0 aliphatic carbocycles. The fourth-order valence-electron chi connectivity index (χ4n) is 2.68. The van der Waals surface area contributed by atoms with Gasteiger partial charge in [0.1, 0.15) is 0 Å². The molecule has 1 saturated heterocycles. The summed E-state index contributed by atoms with van der Waals surface area (Å²) in [5.41, 5.74) is 0.819. The zero-order valence-corrected chi connectivity index (χ0v) is 17.0. The van der Waals surface area contributed by atoms with Crippen LogP contribution in [0.25, 0.3) is 6.08 Å². The lowest BCUT2D eigenvalue weighted by molar-refractivity contribution is -0.132. The zero-order chi connectivity index (χ0) is 20.1. The predicted octanol–water partition coefficient (Wildman–Crippen LogP) is 1.87. The van der Waals surface area contributed by atoms with Gasteiger partial charge >= 0.3 is 0 Å². The average molecular weight is 434 g/mol. The Labute approximate surface area is 175 Å². The Morgan fingerprint density at radius 2 is 2.03 bits per heavy atom. The zero-order valence-electron chi connectivity index (χ0n) is 15.3. The molecule has 0 atom stereocenters. The Morgan fingerprint density at radius 3 is 2.90 bits per heavy atom. The maximum Gasteiger partial charge on any atom is 0.250 e. The minimum absolute atomic E-state index is 0.0470. The van der Waals surface area contributed by atoms with Crippen molar-refractivity contribution in [3.63, 3.8) is 0 Å². The van der Waals surface area contributed by atoms with Crippen molar-refractivity contribution in [2.45, 2.75) is 4.34 Å². The summed E-state index contributed by atoms with van der Waals surface area (Å²) < 4.78 is 16.4. The van der Waals surface area contributed by atoms with Gasteiger partial charge in [-0.3, -0.25) is 14.9 Å². The van der Waals surface area contributed by atoms with Gasteiger partial charge in [-0.15, -0.1) is 10.2 Å². The molecule has 0 saturated carbocycles. The number of hydrogen-bond acceptors (Lipinski definition) is 9. The number of ether oxygens (including phenoxy) is 3. The van der Waals surface area contributed by atoms with E-state index in [1.165, 1.54) is 29.2 Å². The first-order chi connectivity index (χ1) is 14.2. The van der Waals surface area contributed by atoms with Crippen molar-refractivity contribution in [2.24, 2.45) is 0 Å². The Bertz CT molecular complexity index is 927. The SMILES string of the molecule is O=C(/C=C\c1ccc2c(c1)OCO2)Nc1nnc(SCC(=O)N2CCOCC2)s1. The number of hydrogen-bond donors (Lipinski definition) is 1. The molecule has 0 unspecified atom stereocenters. The molecule has 3 heterocycles. The molecule has 2 aliphatic rings. The number of benzene rings is 1. The Hall–Kier alpha value is -2.63. The fourth-order valence-corrected chi connectivity index (χ4v) is 4.34. The van der Waals surface area contributed by atoms with E-state index in [2.05, 4.69) is 15.5 Å². The van der Waals surface area contributed by atoms with Crippen molar-refractivity contribution in [2.75, 3.05) is 44.2 Å². The second-order valence-corrected chi connectivity index (χ2v) is 8.29. The number of nitrogens with zero attached hydrogens (tertiary/aromatic N) is 3. The molecular formula is C18H18N4O5S2. The highest BCUT2D eigenvalue weighted by molar-refractivity contribution is 8.01. The van der Waals surface area contributed by atoms with Crippen LogP contribution in [0.1, 0.15) is 5.56 Å². The maximum absolute atomic E-state index is 12.2. The van der Waals surface area contributed by atoms with Crippen LogP contribution in [0.5, 0.6) is 11.5 Å². The van der Waals surface area contributed by atoms with Crippen LogP contribution >= 0.6 is 23.1 Å². The second-order valence-electron chi connectivity index (χ2n) is 6.09. The molecule has 29 heavy (non-hydrogen) atoms. The van der Waals surface area contributed by atoms with Gasteiger partial charge in [0, 0.05) is 19.2 Å². The normalized spacial score (nSPS) is 15.7. The Kier molecular flexibility index (Phi) is 6.27. The van der Waals surface area contributed by atoms with Crippen molar-refractivity contribution < 1.29 is 23.8 Å². The third kappa shape index (κ3) is 5.25. The molecule has 1 aromatic heterocycles. The molecule has 2 amide bonds. The first-order valence-electron chi connectivity index (χ1n) is 8.88. The molecular weight excluding hydrogens is 416 g/mol. The van der Waals surface area contributed by atoms with Gasteiger partial charge in [-0.25, -0.2) is 0 Å². The molecule has 1 aromatic carbocycles. The summed E-state index contributed by atoms with van der Waals surface area (Å²) in [7, 11) is 0. The van der Waals surface area contributed by atoms with Gasteiger partial charge in [0.15, 0.2) is 15.8 Å². The van der Waals surface area contributed by atoms with Crippen LogP contribution in [0.4, 0.5) is 5.13 Å². The number of anilines is 1. The van der Waals surface area contributed by atoms with E-state index in [1.54, 1.807) is 23.1 Å². The van der Waals surface area contributed by atoms with Crippen LogP contribution in [-0.4, -0.2) is 65.8 Å². The van der Waals surface area contributed by atoms with Crippen molar-refractivity contribution in [3.05, 3.63) is 29.8 Å². The molecule has 9 nitrogen and oxygen atoms in total. The van der Waals surface area contributed by atoms with Crippen LogP contribution in [-0.2, 0) is 14.3 Å². The van der Waals surface area contributed by atoms with Crippen molar-refractivity contribution in [3.8, 4) is 11.5 Å². The third-order valence-corrected chi connectivity index (χ3v) is 6.10. The van der Waals surface area contributed by atoms with E-state index in [0.717, 1.165) is 5.56 Å². The van der Waals surface area contributed by atoms with E-state index in [0.29, 0.717) is 47.3 Å². The summed E-state index contributed by atoms with van der Waals surface area (Å²) in [6.07, 6.45) is 3.09. The average Bonchev–Trinajstić information content (AvgIpc) is 3.40. The maximum atomic E-state index is 12.2. The van der Waals surface area contributed by atoms with Gasteiger partial charge in [-0.05, 0) is 23.8 Å². The number of fused-ring (bicyclic) bond motifs is 1. The van der Waals surface area contributed by atoms with Crippen LogP contribution in [0.2, 0.25) is 0 Å². The monoisotopic (exact) mass is 434 g/mol. The molecule has 0 bridgehead atoms. The van der Waals surface area contributed by atoms with Gasteiger partial charge < -0.3 is 19.1 Å². The lowest BCUT2D eigenvalue weighted by atomic mass is 10.2. The topological polar surface area (TPSA) is 103 Å². The largest absolute Gasteiger partial charge is 0.454 e. The van der Waals surface area contributed by atoms with E-state index < -0.39 is 0 Å². The fraction of sp³-hybridized carbons (Fsp3) is 0.333. The summed E-state index contributed by atoms with van der Waals surface area (Å²) in [6.45, 7) is 2.59. The molecule has 0 radical (unpaired) electrons. The number of rotatable bonds is 6. The molecule has 0 spiro atoms. The number of aromatic nitrogens is 2. The van der Waals surface area contributed by atoms with Gasteiger partial charge in [0.2, 0.25) is 23.7 Å². The second kappa shape index (κ2) is 9.25. The summed E-state index contributed by atoms with van der Waals surface area (Å²) in [5, 5.41) is 11.0. The van der Waals surface area contributed by atoms with Crippen molar-refractivity contribution >= 4 is 46.1 Å². The molecule has 2 aliphatic heterocycles. The van der Waals surface area contributed by atoms with Gasteiger partial charge in [-0.1, -0.05) is 29.2 Å². The Morgan fingerprint density at radius 1 is 1.21 bits per heavy atom. The van der Waals surface area contributed by atoms with Crippen molar-refractivity contribution in [1.82, 2.24) is 15.1 Å². The molecule has 4 rings (SSSR count). The van der Waals surface area contributed by atoms with E-state index in [1.807, 2.05) is 6.07 Å². The smallest absolute Gasteiger partial charge is 0.250 e. The standard InChI is InChI=1S/C18H18N4O5S2/c23-15(4-2-12-1-3-13-14(9-12)27-11-26-13)19-17-20-21-18(29-17)28-10-16(24)22-5-7-25-8-6-22/h1-4,9H,5-8,10-11H2,(H,19,20,23)/b4-2-. The molecule has 1 fully saturated rings. The summed E-state index contributed by atoms with van der Waals surface area (Å²) in [5.74, 6) is 1.36. The van der Waals surface area contributed by atoms with Gasteiger partial charge in [0.25, 0.3) is 0 Å². The van der Waals surface area contributed by atoms with Crippen LogP contribution in [0.15, 0.2) is 28.6 Å². The number of thioether (sulfide) groups is 1. The highest BCUT2D eigenvalue weighted by Crippen LogP contribution is 2.32. The first-order valence-corrected chi connectivity index (χ1v) is 10.7. The Balaban J connectivity index is 1.26. The highest BCUT2D eigenvalue weighted by atomic mass is 32.2. The highest BCUT2D eigenvalue weighted by Gasteiger charge is 2.18. The third-order valence-electron chi connectivity index (χ3n) is 4.14. The van der Waals surface area contributed by atoms with E-state index in [-0.39, 0.29) is 24.4 Å². The van der Waals surface area contributed by atoms with E-state index in [4.69, 9.17) is 14.2 Å². The van der Waals surface area contributed by atoms with E-state index in [9.17, 15) is 9.59 Å². The quantitative estimate of drug-likeness (QED) is 0.418. The molecule has 1 N–H and O–H groups in total. The summed E-state index contributed by atoms with van der Waals surface area (Å²) in [6, 6.07) is 5.44. The van der Waals surface area contributed by atoms with Crippen LogP contribution in [0, 0.1) is 0 Å². The summed E-state index contributed by atoms with van der Waals surface area (Å²) >= 11 is 2.54. The van der Waals surface area contributed by atoms with Crippen LogP contribution < -0.4 is 14.8 Å². The minimum atomic E-state index is -0.320. The van der Waals surface area contributed by atoms with Crippen LogP contribution in [0.3, 0.4) is 0 Å². The molecule has 152 valence electrons. The summed E-state index contributed by atoms with van der Waals surface area (Å²) in [4.78, 5) is 26.0. The number of nitrogens with one attached hydrogen (secondary N) is 1. The first kappa shape index (κ1) is 19.7. The predicted molar refractivity (Wildman–Crippen MR) is 108 cm³/mol. The molecule has 2 aromatic rings.